The van der Waals surface area contributed by atoms with Crippen molar-refractivity contribution in [1.82, 2.24) is 0 Å². The maximum Gasteiger partial charge on any atom is 0.195 e. The monoisotopic (exact) mass is 254 g/mol. The predicted octanol–water partition coefficient (Wildman–Crippen LogP) is 4.36. The highest BCUT2D eigenvalue weighted by molar-refractivity contribution is 7.18. The van der Waals surface area contributed by atoms with Crippen molar-refractivity contribution in [2.45, 2.75) is 0 Å². The largest absolute Gasteiger partial charge is 0.288 e. The molecular weight excluding hydrogens is 248 g/mol. The van der Waals surface area contributed by atoms with E-state index >= 15 is 0 Å². The first-order valence-corrected chi connectivity index (χ1v) is 6.34. The number of thiophene rings is 2. The van der Waals surface area contributed by atoms with Gasteiger partial charge in [-0.1, -0.05) is 17.7 Å². The van der Waals surface area contributed by atoms with Crippen LogP contribution >= 0.6 is 34.3 Å². The lowest BCUT2D eigenvalue weighted by Crippen LogP contribution is -1.87. The Labute approximate surface area is 101 Å². The van der Waals surface area contributed by atoms with Crippen molar-refractivity contribution in [3.8, 4) is 0 Å². The van der Waals surface area contributed by atoms with E-state index in [1.165, 1.54) is 11.3 Å². The first-order chi connectivity index (χ1) is 7.25. The highest BCUT2D eigenvalue weighted by atomic mass is 35.5. The molecular formula is C11H7ClOS2. The van der Waals surface area contributed by atoms with E-state index in [4.69, 9.17) is 11.6 Å². The van der Waals surface area contributed by atoms with Crippen LogP contribution in [0.15, 0.2) is 35.7 Å². The molecule has 0 amide bonds. The van der Waals surface area contributed by atoms with E-state index in [1.54, 1.807) is 29.5 Å². The number of carbonyl (C=O) groups is 1. The maximum atomic E-state index is 11.6. The Balaban J connectivity index is 2.10. The molecule has 1 nitrogen and oxygen atoms in total. The number of hydrogen-bond acceptors (Lipinski definition) is 3. The van der Waals surface area contributed by atoms with Crippen LogP contribution in [0.1, 0.15) is 14.5 Å². The Morgan fingerprint density at radius 1 is 1.33 bits per heavy atom. The normalized spacial score (nSPS) is 11.0. The highest BCUT2D eigenvalue weighted by Crippen LogP contribution is 2.22. The first-order valence-electron chi connectivity index (χ1n) is 4.27. The van der Waals surface area contributed by atoms with Gasteiger partial charge in [-0.2, -0.15) is 0 Å². The van der Waals surface area contributed by atoms with Crippen LogP contribution in [0, 0.1) is 0 Å². The molecule has 2 rings (SSSR count). The van der Waals surface area contributed by atoms with Crippen molar-refractivity contribution in [2.75, 3.05) is 0 Å². The summed E-state index contributed by atoms with van der Waals surface area (Å²) in [7, 11) is 0. The zero-order valence-electron chi connectivity index (χ0n) is 7.64. The molecule has 0 saturated carbocycles. The van der Waals surface area contributed by atoms with Gasteiger partial charge in [0.1, 0.15) is 0 Å². The molecule has 0 saturated heterocycles. The molecule has 0 aliphatic carbocycles. The van der Waals surface area contributed by atoms with Gasteiger partial charge in [-0.25, -0.2) is 0 Å². The lowest BCUT2D eigenvalue weighted by Gasteiger charge is -1.87. The summed E-state index contributed by atoms with van der Waals surface area (Å²) in [6.45, 7) is 0. The van der Waals surface area contributed by atoms with Crippen molar-refractivity contribution < 1.29 is 4.79 Å². The van der Waals surface area contributed by atoms with Crippen LogP contribution < -0.4 is 0 Å². The summed E-state index contributed by atoms with van der Waals surface area (Å²) in [4.78, 5) is 13.4. The SMILES string of the molecule is O=C(/C=C/c1cccs1)c1ccc(Cl)s1. The number of hydrogen-bond donors (Lipinski definition) is 0. The highest BCUT2D eigenvalue weighted by Gasteiger charge is 2.04. The minimum absolute atomic E-state index is 0.000278. The average molecular weight is 255 g/mol. The number of allylic oxidation sites excluding steroid dienone is 1. The van der Waals surface area contributed by atoms with Crippen LogP contribution in [0.2, 0.25) is 4.34 Å². The molecule has 0 unspecified atom stereocenters. The summed E-state index contributed by atoms with van der Waals surface area (Å²) in [5.74, 6) is 0.000278. The minimum Gasteiger partial charge on any atom is -0.288 e. The lowest BCUT2D eigenvalue weighted by atomic mass is 10.3. The van der Waals surface area contributed by atoms with Gasteiger partial charge in [-0.3, -0.25) is 4.79 Å². The second-order valence-electron chi connectivity index (χ2n) is 2.82. The van der Waals surface area contributed by atoms with Crippen molar-refractivity contribution in [1.29, 1.82) is 0 Å². The molecule has 0 spiro atoms. The molecule has 15 heavy (non-hydrogen) atoms. The van der Waals surface area contributed by atoms with Crippen LogP contribution in [0.25, 0.3) is 6.08 Å². The second-order valence-corrected chi connectivity index (χ2v) is 5.51. The molecule has 2 aromatic rings. The Hall–Kier alpha value is -0.900. The predicted molar refractivity (Wildman–Crippen MR) is 67.0 cm³/mol. The lowest BCUT2D eigenvalue weighted by molar-refractivity contribution is 0.105. The van der Waals surface area contributed by atoms with E-state index in [9.17, 15) is 4.79 Å². The Morgan fingerprint density at radius 2 is 2.20 bits per heavy atom. The Bertz CT molecular complexity index is 482. The molecule has 0 aliphatic heterocycles. The zero-order valence-corrected chi connectivity index (χ0v) is 10.0. The standard InChI is InChI=1S/C11H7ClOS2/c12-11-6-5-10(15-11)9(13)4-3-8-2-1-7-14-8/h1-7H/b4-3+. The van der Waals surface area contributed by atoms with Crippen molar-refractivity contribution >= 4 is 46.1 Å². The van der Waals surface area contributed by atoms with E-state index in [-0.39, 0.29) is 5.78 Å². The summed E-state index contributed by atoms with van der Waals surface area (Å²) in [5.41, 5.74) is 0. The summed E-state index contributed by atoms with van der Waals surface area (Å²) in [6, 6.07) is 7.40. The van der Waals surface area contributed by atoms with E-state index < -0.39 is 0 Å². The topological polar surface area (TPSA) is 17.1 Å². The van der Waals surface area contributed by atoms with Gasteiger partial charge in [0.2, 0.25) is 0 Å². The van der Waals surface area contributed by atoms with Gasteiger partial charge in [-0.15, -0.1) is 22.7 Å². The van der Waals surface area contributed by atoms with Crippen LogP contribution in [0.3, 0.4) is 0 Å². The zero-order chi connectivity index (χ0) is 10.7. The summed E-state index contributed by atoms with van der Waals surface area (Å²) in [6.07, 6.45) is 3.40. The van der Waals surface area contributed by atoms with Crippen molar-refractivity contribution in [2.24, 2.45) is 0 Å². The molecule has 0 bridgehead atoms. The van der Waals surface area contributed by atoms with E-state index in [2.05, 4.69) is 0 Å². The fourth-order valence-electron chi connectivity index (χ4n) is 1.07. The van der Waals surface area contributed by atoms with E-state index in [0.29, 0.717) is 9.21 Å². The summed E-state index contributed by atoms with van der Waals surface area (Å²) >= 11 is 8.65. The third-order valence-corrected chi connectivity index (χ3v) is 3.84. The van der Waals surface area contributed by atoms with Gasteiger partial charge in [0.15, 0.2) is 5.78 Å². The van der Waals surface area contributed by atoms with Gasteiger partial charge in [0.25, 0.3) is 0 Å². The minimum atomic E-state index is 0.000278. The molecule has 2 heterocycles. The fraction of sp³-hybridized carbons (Fsp3) is 0. The number of ketones is 1. The van der Waals surface area contributed by atoms with E-state index in [0.717, 1.165) is 4.88 Å². The molecule has 0 aliphatic rings. The van der Waals surface area contributed by atoms with Gasteiger partial charge in [0.05, 0.1) is 9.21 Å². The van der Waals surface area contributed by atoms with Crippen LogP contribution in [0.5, 0.6) is 0 Å². The van der Waals surface area contributed by atoms with Gasteiger partial charge in [0, 0.05) is 4.88 Å². The molecule has 0 aromatic carbocycles. The molecule has 0 N–H and O–H groups in total. The molecule has 0 atom stereocenters. The van der Waals surface area contributed by atoms with E-state index in [1.807, 2.05) is 23.6 Å². The summed E-state index contributed by atoms with van der Waals surface area (Å²) in [5, 5.41) is 1.98. The quantitative estimate of drug-likeness (QED) is 0.588. The van der Waals surface area contributed by atoms with Crippen molar-refractivity contribution in [3.63, 3.8) is 0 Å². The van der Waals surface area contributed by atoms with Gasteiger partial charge in [-0.05, 0) is 35.7 Å². The van der Waals surface area contributed by atoms with Gasteiger partial charge < -0.3 is 0 Å². The van der Waals surface area contributed by atoms with Crippen LogP contribution in [-0.4, -0.2) is 5.78 Å². The van der Waals surface area contributed by atoms with Gasteiger partial charge >= 0.3 is 0 Å². The smallest absolute Gasteiger partial charge is 0.195 e. The number of rotatable bonds is 3. The molecule has 0 radical (unpaired) electrons. The molecule has 2 aromatic heterocycles. The second kappa shape index (κ2) is 4.75. The van der Waals surface area contributed by atoms with Crippen LogP contribution in [-0.2, 0) is 0 Å². The number of halogens is 1. The van der Waals surface area contributed by atoms with Crippen molar-refractivity contribution in [3.05, 3.63) is 49.8 Å². The third kappa shape index (κ3) is 2.78. The van der Waals surface area contributed by atoms with Crippen LogP contribution in [0.4, 0.5) is 0 Å². The first kappa shape index (κ1) is 10.6. The number of carbonyl (C=O) groups excluding carboxylic acids is 1. The third-order valence-electron chi connectivity index (χ3n) is 1.76. The Kier molecular flexibility index (Phi) is 3.36. The molecule has 0 fully saturated rings. The Morgan fingerprint density at radius 3 is 2.80 bits per heavy atom. The molecule has 76 valence electrons. The fourth-order valence-corrected chi connectivity index (χ4v) is 2.65. The maximum absolute atomic E-state index is 11.6. The summed E-state index contributed by atoms with van der Waals surface area (Å²) < 4.78 is 0.642. The average Bonchev–Trinajstić information content (AvgIpc) is 2.84. The molecule has 4 heteroatoms.